The maximum atomic E-state index is 12.3. The number of nitrogens with one attached hydrogen (secondary N) is 1. The van der Waals surface area contributed by atoms with Crippen LogP contribution in [0.15, 0.2) is 36.5 Å². The number of hydrogen-bond donors (Lipinski definition) is 1. The molecule has 0 spiro atoms. The van der Waals surface area contributed by atoms with Gasteiger partial charge >= 0.3 is 0 Å². The molecule has 2 rings (SSSR count). The number of hydrogen-bond acceptors (Lipinski definition) is 5. The smallest absolute Gasteiger partial charge is 0.263 e. The molecule has 1 atom stereocenters. The molecule has 0 saturated carbocycles. The SMILES string of the molecule is CCc1ncc(C(=O)N[C@@H](CS(C)(=O)=O)c2ccccc2)s1. The van der Waals surface area contributed by atoms with Gasteiger partial charge in [0.15, 0.2) is 0 Å². The highest BCUT2D eigenvalue weighted by atomic mass is 32.2. The molecular formula is C15H18N2O3S2. The van der Waals surface area contributed by atoms with E-state index in [0.29, 0.717) is 4.88 Å². The van der Waals surface area contributed by atoms with Gasteiger partial charge in [-0.15, -0.1) is 11.3 Å². The van der Waals surface area contributed by atoms with Crippen LogP contribution in [-0.2, 0) is 16.3 Å². The highest BCUT2D eigenvalue weighted by Gasteiger charge is 2.21. The Balaban J connectivity index is 2.20. The molecular weight excluding hydrogens is 320 g/mol. The summed E-state index contributed by atoms with van der Waals surface area (Å²) in [7, 11) is -3.23. The minimum Gasteiger partial charge on any atom is -0.343 e. The lowest BCUT2D eigenvalue weighted by Gasteiger charge is -2.17. The van der Waals surface area contributed by atoms with Crippen LogP contribution in [0, 0.1) is 0 Å². The van der Waals surface area contributed by atoms with Crippen LogP contribution >= 0.6 is 11.3 Å². The lowest BCUT2D eigenvalue weighted by atomic mass is 10.1. The molecule has 118 valence electrons. The molecule has 1 amide bonds. The Labute approximate surface area is 134 Å². The van der Waals surface area contributed by atoms with Crippen molar-refractivity contribution in [2.75, 3.05) is 12.0 Å². The van der Waals surface area contributed by atoms with E-state index < -0.39 is 15.9 Å². The molecule has 0 fully saturated rings. The first-order valence-corrected chi connectivity index (χ1v) is 9.75. The summed E-state index contributed by atoms with van der Waals surface area (Å²) in [5.74, 6) is -0.433. The number of aryl methyl sites for hydroxylation is 1. The zero-order chi connectivity index (χ0) is 16.2. The molecule has 0 bridgehead atoms. The van der Waals surface area contributed by atoms with Crippen LogP contribution in [-0.4, -0.2) is 31.3 Å². The summed E-state index contributed by atoms with van der Waals surface area (Å²) in [5.41, 5.74) is 0.765. The first-order chi connectivity index (χ1) is 10.4. The standard InChI is InChI=1S/C15H18N2O3S2/c1-3-14-16-9-13(21-14)15(18)17-12(10-22(2,19)20)11-7-5-4-6-8-11/h4-9,12H,3,10H2,1-2H3,(H,17,18)/t12-/m0/s1. The molecule has 7 heteroatoms. The van der Waals surface area contributed by atoms with Gasteiger partial charge in [-0.1, -0.05) is 37.3 Å². The number of amides is 1. The van der Waals surface area contributed by atoms with Crippen molar-refractivity contribution in [2.24, 2.45) is 0 Å². The van der Waals surface area contributed by atoms with Crippen molar-refractivity contribution < 1.29 is 13.2 Å². The Kier molecular flexibility index (Phi) is 5.31. The van der Waals surface area contributed by atoms with Crippen LogP contribution in [0.3, 0.4) is 0 Å². The summed E-state index contributed by atoms with van der Waals surface area (Å²) in [6.45, 7) is 1.97. The molecule has 0 aliphatic carbocycles. The highest BCUT2D eigenvalue weighted by molar-refractivity contribution is 7.90. The third-order valence-corrected chi connectivity index (χ3v) is 5.14. The van der Waals surface area contributed by atoms with Crippen molar-refractivity contribution in [1.82, 2.24) is 10.3 Å². The van der Waals surface area contributed by atoms with Crippen molar-refractivity contribution in [3.8, 4) is 0 Å². The van der Waals surface area contributed by atoms with E-state index in [0.717, 1.165) is 23.2 Å². The van der Waals surface area contributed by atoms with Crippen molar-refractivity contribution in [1.29, 1.82) is 0 Å². The van der Waals surface area contributed by atoms with Crippen LogP contribution in [0.25, 0.3) is 0 Å². The van der Waals surface area contributed by atoms with Crippen molar-refractivity contribution in [2.45, 2.75) is 19.4 Å². The highest BCUT2D eigenvalue weighted by Crippen LogP contribution is 2.18. The van der Waals surface area contributed by atoms with E-state index in [1.165, 1.54) is 17.5 Å². The van der Waals surface area contributed by atoms with E-state index in [4.69, 9.17) is 0 Å². The Bertz CT molecular complexity index is 739. The van der Waals surface area contributed by atoms with E-state index in [2.05, 4.69) is 10.3 Å². The molecule has 1 N–H and O–H groups in total. The Morgan fingerprint density at radius 3 is 2.55 bits per heavy atom. The minimum atomic E-state index is -3.23. The van der Waals surface area contributed by atoms with E-state index in [9.17, 15) is 13.2 Å². The lowest BCUT2D eigenvalue weighted by Crippen LogP contribution is -2.32. The van der Waals surface area contributed by atoms with E-state index in [-0.39, 0.29) is 11.7 Å². The Morgan fingerprint density at radius 2 is 2.00 bits per heavy atom. The first kappa shape index (κ1) is 16.6. The second kappa shape index (κ2) is 7.02. The molecule has 5 nitrogen and oxygen atoms in total. The van der Waals surface area contributed by atoms with Gasteiger partial charge < -0.3 is 5.32 Å². The summed E-state index contributed by atoms with van der Waals surface area (Å²) in [6.07, 6.45) is 3.46. The van der Waals surface area contributed by atoms with Gasteiger partial charge in [0.1, 0.15) is 14.7 Å². The summed E-state index contributed by atoms with van der Waals surface area (Å²) in [6, 6.07) is 8.52. The van der Waals surface area contributed by atoms with E-state index >= 15 is 0 Å². The molecule has 1 aromatic heterocycles. The zero-order valence-corrected chi connectivity index (χ0v) is 14.1. The Morgan fingerprint density at radius 1 is 1.32 bits per heavy atom. The van der Waals surface area contributed by atoms with Crippen molar-refractivity contribution in [3.05, 3.63) is 52.0 Å². The normalized spacial score (nSPS) is 12.8. The first-order valence-electron chi connectivity index (χ1n) is 6.87. The maximum Gasteiger partial charge on any atom is 0.263 e. The van der Waals surface area contributed by atoms with Gasteiger partial charge in [0.2, 0.25) is 0 Å². The molecule has 22 heavy (non-hydrogen) atoms. The van der Waals surface area contributed by atoms with Gasteiger partial charge in [-0.3, -0.25) is 4.79 Å². The van der Waals surface area contributed by atoms with Gasteiger partial charge in [-0.25, -0.2) is 13.4 Å². The number of rotatable bonds is 6. The number of nitrogens with zero attached hydrogens (tertiary/aromatic N) is 1. The number of carbonyl (C=O) groups is 1. The topological polar surface area (TPSA) is 76.1 Å². The number of aromatic nitrogens is 1. The molecule has 0 saturated heterocycles. The van der Waals surface area contributed by atoms with E-state index in [1.807, 2.05) is 25.1 Å². The van der Waals surface area contributed by atoms with Gasteiger partial charge in [0.05, 0.1) is 23.0 Å². The van der Waals surface area contributed by atoms with Crippen LogP contribution in [0.2, 0.25) is 0 Å². The second-order valence-corrected chi connectivity index (χ2v) is 8.30. The number of sulfone groups is 1. The van der Waals surface area contributed by atoms with Gasteiger partial charge in [-0.05, 0) is 12.0 Å². The zero-order valence-electron chi connectivity index (χ0n) is 12.4. The van der Waals surface area contributed by atoms with Crippen molar-refractivity contribution >= 4 is 27.1 Å². The van der Waals surface area contributed by atoms with Crippen LogP contribution in [0.4, 0.5) is 0 Å². The molecule has 2 aromatic rings. The molecule has 0 unspecified atom stereocenters. The van der Waals surface area contributed by atoms with Crippen LogP contribution in [0.5, 0.6) is 0 Å². The van der Waals surface area contributed by atoms with Crippen molar-refractivity contribution in [3.63, 3.8) is 0 Å². The van der Waals surface area contributed by atoms with Gasteiger partial charge in [0.25, 0.3) is 5.91 Å². The monoisotopic (exact) mass is 338 g/mol. The third kappa shape index (κ3) is 4.64. The summed E-state index contributed by atoms with van der Waals surface area (Å²) in [5, 5.41) is 3.68. The number of carbonyl (C=O) groups excluding carboxylic acids is 1. The summed E-state index contributed by atoms with van der Waals surface area (Å²) < 4.78 is 23.2. The molecule has 1 heterocycles. The Hall–Kier alpha value is -1.73. The number of thiazole rings is 1. The summed E-state index contributed by atoms with van der Waals surface area (Å²) in [4.78, 5) is 16.9. The minimum absolute atomic E-state index is 0.137. The number of benzene rings is 1. The molecule has 0 aliphatic rings. The molecule has 0 aliphatic heterocycles. The average molecular weight is 338 g/mol. The average Bonchev–Trinajstić information content (AvgIpc) is 2.95. The second-order valence-electron chi connectivity index (χ2n) is 5.00. The third-order valence-electron chi connectivity index (χ3n) is 3.06. The molecule has 1 aromatic carbocycles. The van der Waals surface area contributed by atoms with Crippen LogP contribution in [0.1, 0.15) is 33.2 Å². The quantitative estimate of drug-likeness (QED) is 0.876. The predicted molar refractivity (Wildman–Crippen MR) is 87.9 cm³/mol. The lowest BCUT2D eigenvalue weighted by molar-refractivity contribution is 0.0944. The fraction of sp³-hybridized carbons (Fsp3) is 0.333. The maximum absolute atomic E-state index is 12.3. The fourth-order valence-corrected chi connectivity index (χ4v) is 3.66. The van der Waals surface area contributed by atoms with Gasteiger partial charge in [0, 0.05) is 6.26 Å². The van der Waals surface area contributed by atoms with Gasteiger partial charge in [-0.2, -0.15) is 0 Å². The molecule has 0 radical (unpaired) electrons. The van der Waals surface area contributed by atoms with Crippen LogP contribution < -0.4 is 5.32 Å². The largest absolute Gasteiger partial charge is 0.343 e. The van der Waals surface area contributed by atoms with E-state index in [1.54, 1.807) is 12.1 Å². The predicted octanol–water partition coefficient (Wildman–Crippen LogP) is 2.22. The fourth-order valence-electron chi connectivity index (χ4n) is 2.02. The summed E-state index contributed by atoms with van der Waals surface area (Å²) >= 11 is 1.32.